The molecule has 0 radical (unpaired) electrons. The molecule has 0 unspecified atom stereocenters. The molecule has 0 aliphatic rings. The lowest BCUT2D eigenvalue weighted by Crippen LogP contribution is -2.20. The van der Waals surface area contributed by atoms with E-state index >= 15 is 4.39 Å². The van der Waals surface area contributed by atoms with Gasteiger partial charge in [0.25, 0.3) is 0 Å². The van der Waals surface area contributed by atoms with Crippen LogP contribution in [0.15, 0.2) is 66.9 Å². The Kier molecular flexibility index (Phi) is 8.28. The maximum atomic E-state index is 15.9. The van der Waals surface area contributed by atoms with Crippen LogP contribution in [-0.2, 0) is 13.2 Å². The van der Waals surface area contributed by atoms with E-state index < -0.39 is 5.82 Å². The second-order valence-electron chi connectivity index (χ2n) is 8.99. The fourth-order valence-electron chi connectivity index (χ4n) is 4.00. The van der Waals surface area contributed by atoms with Crippen molar-refractivity contribution in [2.24, 2.45) is 5.73 Å². The first-order valence-electron chi connectivity index (χ1n) is 12.4. The number of aliphatic hydroxyl groups excluding tert-OH is 1. The van der Waals surface area contributed by atoms with E-state index in [1.807, 2.05) is 45.0 Å². The number of imidazole rings is 1. The molecule has 0 aliphatic heterocycles. The van der Waals surface area contributed by atoms with Gasteiger partial charge in [-0.25, -0.2) is 9.37 Å². The average molecular weight is 518 g/mol. The minimum Gasteiger partial charge on any atom is -0.494 e. The average Bonchev–Trinajstić information content (AvgIpc) is 3.38. The molecule has 0 aliphatic carbocycles. The van der Waals surface area contributed by atoms with Gasteiger partial charge in [0.05, 0.1) is 37.2 Å². The molecule has 8 nitrogen and oxygen atoms in total. The number of nitrogens with one attached hydrogen (secondary N) is 2. The molecular formula is C29H32FN5O3. The van der Waals surface area contributed by atoms with Crippen LogP contribution in [0.2, 0.25) is 0 Å². The predicted octanol–water partition coefficient (Wildman–Crippen LogP) is 5.52. The summed E-state index contributed by atoms with van der Waals surface area (Å²) in [5, 5.41) is 17.0. The summed E-state index contributed by atoms with van der Waals surface area (Å²) in [5.41, 5.74) is 9.56. The molecule has 1 heterocycles. The van der Waals surface area contributed by atoms with Crippen LogP contribution in [0.1, 0.15) is 37.7 Å². The van der Waals surface area contributed by atoms with Gasteiger partial charge in [0.1, 0.15) is 17.4 Å². The largest absolute Gasteiger partial charge is 0.494 e. The van der Waals surface area contributed by atoms with Crippen LogP contribution in [-0.4, -0.2) is 33.6 Å². The summed E-state index contributed by atoms with van der Waals surface area (Å²) in [6.07, 6.45) is 1.56. The van der Waals surface area contributed by atoms with E-state index in [2.05, 4.69) is 4.98 Å². The highest BCUT2D eigenvalue weighted by Crippen LogP contribution is 2.38. The molecule has 0 bridgehead atoms. The number of nitrogens with two attached hydrogens (primary N) is 1. The number of aliphatic hydroxyl groups is 1. The van der Waals surface area contributed by atoms with E-state index in [1.165, 1.54) is 0 Å². The molecule has 5 N–H and O–H groups in total. The highest BCUT2D eigenvalue weighted by molar-refractivity contribution is 5.95. The minimum absolute atomic E-state index is 0.0294. The van der Waals surface area contributed by atoms with Gasteiger partial charge in [0.2, 0.25) is 0 Å². The van der Waals surface area contributed by atoms with Gasteiger partial charge in [0, 0.05) is 35.1 Å². The molecule has 4 rings (SSSR count). The Morgan fingerprint density at radius 3 is 2.45 bits per heavy atom. The minimum atomic E-state index is -0.524. The maximum Gasteiger partial charge on any atom is 0.188 e. The number of benzene rings is 3. The molecule has 0 fully saturated rings. The van der Waals surface area contributed by atoms with E-state index in [-0.39, 0.29) is 36.5 Å². The van der Waals surface area contributed by atoms with Crippen LogP contribution < -0.4 is 20.1 Å². The van der Waals surface area contributed by atoms with Gasteiger partial charge in [-0.05, 0) is 50.6 Å². The molecule has 0 saturated heterocycles. The molecule has 198 valence electrons. The van der Waals surface area contributed by atoms with Crippen molar-refractivity contribution in [2.75, 3.05) is 11.5 Å². The number of halogens is 1. The first-order valence-corrected chi connectivity index (χ1v) is 12.4. The summed E-state index contributed by atoms with van der Waals surface area (Å²) in [4.78, 5) is 9.70. The molecule has 0 saturated carbocycles. The third kappa shape index (κ3) is 6.12. The first kappa shape index (κ1) is 26.7. The summed E-state index contributed by atoms with van der Waals surface area (Å²) in [7, 11) is 0. The summed E-state index contributed by atoms with van der Waals surface area (Å²) in [6.45, 7) is 6.13. The maximum absolute atomic E-state index is 15.9. The lowest BCUT2D eigenvalue weighted by molar-refractivity contribution is 0.229. The molecule has 1 aromatic heterocycles. The summed E-state index contributed by atoms with van der Waals surface area (Å²) < 4.78 is 27.4. The fourth-order valence-corrected chi connectivity index (χ4v) is 4.00. The van der Waals surface area contributed by atoms with Gasteiger partial charge in [-0.2, -0.15) is 0 Å². The summed E-state index contributed by atoms with van der Waals surface area (Å²) in [5.74, 6) is 0.603. The Bertz CT molecular complexity index is 1380. The number of anilines is 2. The molecule has 9 heteroatoms. The number of ether oxygens (including phenoxy) is 2. The van der Waals surface area contributed by atoms with Crippen molar-refractivity contribution < 1.29 is 19.0 Å². The SMILES string of the molecule is CCOc1cc(OC(C)C)c(F)c(N(Cc2nc(-c3ccc(CO)cc3)c[nH]2)c2ccc(C(=N)N)cc2)c1. The molecule has 0 atom stereocenters. The van der Waals surface area contributed by atoms with E-state index in [0.717, 1.165) is 16.8 Å². The Morgan fingerprint density at radius 2 is 1.84 bits per heavy atom. The Balaban J connectivity index is 1.77. The molecule has 4 aromatic rings. The van der Waals surface area contributed by atoms with Gasteiger partial charge >= 0.3 is 0 Å². The van der Waals surface area contributed by atoms with E-state index in [0.29, 0.717) is 29.4 Å². The Hall–Kier alpha value is -4.37. The van der Waals surface area contributed by atoms with Crippen LogP contribution in [0.5, 0.6) is 11.5 Å². The zero-order valence-electron chi connectivity index (χ0n) is 21.7. The summed E-state index contributed by atoms with van der Waals surface area (Å²) in [6, 6.07) is 17.7. The van der Waals surface area contributed by atoms with Crippen LogP contribution in [0.4, 0.5) is 15.8 Å². The molecule has 0 spiro atoms. The van der Waals surface area contributed by atoms with Gasteiger partial charge < -0.3 is 30.2 Å². The monoisotopic (exact) mass is 517 g/mol. The highest BCUT2D eigenvalue weighted by atomic mass is 19.1. The number of aromatic nitrogens is 2. The number of aromatic amines is 1. The molecule has 38 heavy (non-hydrogen) atoms. The van der Waals surface area contributed by atoms with Crippen molar-refractivity contribution in [2.45, 2.75) is 40.0 Å². The zero-order valence-corrected chi connectivity index (χ0v) is 21.7. The first-order chi connectivity index (χ1) is 18.3. The molecule has 0 amide bonds. The van der Waals surface area contributed by atoms with Gasteiger partial charge in [-0.1, -0.05) is 24.3 Å². The van der Waals surface area contributed by atoms with Crippen molar-refractivity contribution in [1.82, 2.24) is 9.97 Å². The van der Waals surface area contributed by atoms with Crippen molar-refractivity contribution in [3.05, 3.63) is 89.6 Å². The summed E-state index contributed by atoms with van der Waals surface area (Å²) >= 11 is 0. The van der Waals surface area contributed by atoms with Crippen molar-refractivity contribution in [3.8, 4) is 22.8 Å². The molecule has 3 aromatic carbocycles. The number of hydrogen-bond acceptors (Lipinski definition) is 6. The van der Waals surface area contributed by atoms with Crippen LogP contribution in [0.25, 0.3) is 11.3 Å². The van der Waals surface area contributed by atoms with Gasteiger partial charge in [0.15, 0.2) is 11.6 Å². The predicted molar refractivity (Wildman–Crippen MR) is 147 cm³/mol. The highest BCUT2D eigenvalue weighted by Gasteiger charge is 2.22. The van der Waals surface area contributed by atoms with Crippen LogP contribution in [0, 0.1) is 11.2 Å². The standard InChI is InChI=1S/C29H32FN5O3/c1-4-37-23-13-25(28(30)26(14-23)38-18(2)3)35(22-11-9-21(10-12-22)29(31)32)16-27-33-15-24(34-27)20-7-5-19(17-36)6-8-20/h5-15,18,36H,4,16-17H2,1-3H3,(H3,31,32)(H,33,34). The molecular weight excluding hydrogens is 485 g/mol. The van der Waals surface area contributed by atoms with Crippen LogP contribution in [0.3, 0.4) is 0 Å². The Labute approximate surface area is 221 Å². The third-order valence-corrected chi connectivity index (χ3v) is 5.82. The smallest absolute Gasteiger partial charge is 0.188 e. The van der Waals surface area contributed by atoms with E-state index in [9.17, 15) is 5.11 Å². The topological polar surface area (TPSA) is 120 Å². The normalized spacial score (nSPS) is 11.0. The van der Waals surface area contributed by atoms with Gasteiger partial charge in [-0.3, -0.25) is 5.41 Å². The van der Waals surface area contributed by atoms with E-state index in [1.54, 1.807) is 47.5 Å². The van der Waals surface area contributed by atoms with Crippen molar-refractivity contribution in [3.63, 3.8) is 0 Å². The number of nitrogen functional groups attached to an aromatic ring is 1. The van der Waals surface area contributed by atoms with Crippen LogP contribution >= 0.6 is 0 Å². The Morgan fingerprint density at radius 1 is 1.13 bits per heavy atom. The number of H-pyrrole nitrogens is 1. The second kappa shape index (κ2) is 11.8. The zero-order chi connectivity index (χ0) is 27.2. The lowest BCUT2D eigenvalue weighted by Gasteiger charge is -2.26. The number of amidine groups is 1. The van der Waals surface area contributed by atoms with E-state index in [4.69, 9.17) is 25.6 Å². The number of hydrogen-bond donors (Lipinski definition) is 4. The number of rotatable bonds is 11. The van der Waals surface area contributed by atoms with Crippen molar-refractivity contribution >= 4 is 17.2 Å². The lowest BCUT2D eigenvalue weighted by atomic mass is 10.1. The second-order valence-corrected chi connectivity index (χ2v) is 8.99. The quantitative estimate of drug-likeness (QED) is 0.154. The van der Waals surface area contributed by atoms with Crippen molar-refractivity contribution in [1.29, 1.82) is 5.41 Å². The fraction of sp³-hybridized carbons (Fsp3) is 0.241. The number of nitrogens with zero attached hydrogens (tertiary/aromatic N) is 2. The van der Waals surface area contributed by atoms with Gasteiger partial charge in [-0.15, -0.1) is 0 Å². The third-order valence-electron chi connectivity index (χ3n) is 5.82.